The van der Waals surface area contributed by atoms with E-state index in [9.17, 15) is 9.59 Å². The molecule has 2 bridgehead atoms. The summed E-state index contributed by atoms with van der Waals surface area (Å²) in [4.78, 5) is 28.9. The number of amides is 2. The molecule has 1 unspecified atom stereocenters. The maximum Gasteiger partial charge on any atom is 0.238 e. The molecule has 2 aromatic rings. The van der Waals surface area contributed by atoms with Gasteiger partial charge < -0.3 is 4.57 Å². The highest BCUT2D eigenvalue weighted by Gasteiger charge is 2.71. The molecule has 5 atom stereocenters. The van der Waals surface area contributed by atoms with Crippen LogP contribution >= 0.6 is 7.14 Å². The van der Waals surface area contributed by atoms with Crippen LogP contribution in [-0.2, 0) is 14.2 Å². The van der Waals surface area contributed by atoms with Gasteiger partial charge in [0.05, 0.1) is 23.2 Å². The average molecular weight is 490 g/mol. The lowest BCUT2D eigenvalue weighted by molar-refractivity contribution is -0.122. The molecule has 4 nitrogen and oxygen atoms in total. The van der Waals surface area contributed by atoms with E-state index in [-0.39, 0.29) is 23.7 Å². The van der Waals surface area contributed by atoms with Crippen LogP contribution in [0.3, 0.4) is 0 Å². The van der Waals surface area contributed by atoms with Crippen LogP contribution in [-0.4, -0.2) is 23.1 Å². The predicted octanol–water partition coefficient (Wildman–Crippen LogP) is 6.56. The number of nitrogens with zero attached hydrogens (tertiary/aromatic N) is 1. The fourth-order valence-electron chi connectivity index (χ4n) is 6.68. The molecule has 2 aromatic carbocycles. The summed E-state index contributed by atoms with van der Waals surface area (Å²) in [6, 6.07) is 13.6. The lowest BCUT2D eigenvalue weighted by Crippen LogP contribution is -2.36. The van der Waals surface area contributed by atoms with E-state index < -0.39 is 30.3 Å². The Bertz CT molecular complexity index is 1260. The third-order valence-corrected chi connectivity index (χ3v) is 12.5. The van der Waals surface area contributed by atoms with Crippen molar-refractivity contribution in [2.45, 2.75) is 77.5 Å². The number of rotatable bonds is 5. The zero-order valence-corrected chi connectivity index (χ0v) is 22.7. The Hall–Kier alpha value is -2.45. The summed E-state index contributed by atoms with van der Waals surface area (Å²) in [6.45, 7) is 15.0. The Kier molecular flexibility index (Phi) is 5.75. The van der Waals surface area contributed by atoms with Crippen molar-refractivity contribution in [3.05, 3.63) is 70.8 Å². The zero-order valence-electron chi connectivity index (χ0n) is 21.8. The third kappa shape index (κ3) is 3.29. The van der Waals surface area contributed by atoms with Crippen LogP contribution in [0.4, 0.5) is 5.69 Å². The smallest absolute Gasteiger partial charge is 0.238 e. The van der Waals surface area contributed by atoms with E-state index in [0.29, 0.717) is 11.6 Å². The van der Waals surface area contributed by atoms with Crippen molar-refractivity contribution < 1.29 is 14.2 Å². The van der Waals surface area contributed by atoms with Crippen molar-refractivity contribution in [1.29, 1.82) is 0 Å². The largest absolute Gasteiger partial charge is 0.317 e. The minimum Gasteiger partial charge on any atom is -0.317 e. The van der Waals surface area contributed by atoms with Crippen LogP contribution < -0.4 is 10.2 Å². The summed E-state index contributed by atoms with van der Waals surface area (Å²) in [6.07, 6.45) is 2.07. The Morgan fingerprint density at radius 2 is 1.34 bits per heavy atom. The molecule has 0 saturated carbocycles. The monoisotopic (exact) mass is 489 g/mol. The van der Waals surface area contributed by atoms with Gasteiger partial charge in [-0.3, -0.25) is 9.59 Å². The number of fused-ring (bicyclic) bond motifs is 5. The minimum absolute atomic E-state index is 0.192. The molecule has 3 aliphatic rings. The molecule has 2 amide bonds. The van der Waals surface area contributed by atoms with Crippen LogP contribution in [0, 0.1) is 11.8 Å². The van der Waals surface area contributed by atoms with E-state index in [1.165, 1.54) is 10.5 Å². The molecule has 2 fully saturated rings. The summed E-state index contributed by atoms with van der Waals surface area (Å²) in [5, 5.41) is 0.955. The van der Waals surface area contributed by atoms with Crippen molar-refractivity contribution >= 4 is 29.9 Å². The summed E-state index contributed by atoms with van der Waals surface area (Å²) in [7, 11) is -3.11. The van der Waals surface area contributed by atoms with Gasteiger partial charge in [0.1, 0.15) is 7.14 Å². The fraction of sp³-hybridized carbons (Fsp3) is 0.467. The predicted molar refractivity (Wildman–Crippen MR) is 143 cm³/mol. The molecule has 35 heavy (non-hydrogen) atoms. The number of hydrogen-bond donors (Lipinski definition) is 0. The van der Waals surface area contributed by atoms with Gasteiger partial charge in [0.2, 0.25) is 11.8 Å². The number of benzene rings is 2. The lowest BCUT2D eigenvalue weighted by atomic mass is 9.82. The molecule has 5 heteroatoms. The Morgan fingerprint density at radius 3 is 1.86 bits per heavy atom. The standard InChI is InChI=1S/C30H36NO3P/c1-16(2)20-14-22(17(3)4)28(23(15-20)18(5)6)35(34)24-13-19(7)27(35)26-25(24)29(32)31(30(26)33)21-11-9-8-10-12-21/h8-18,24-27H,1-7H3/t24-,25-,26-,27+,35?/m0/s1. The number of para-hydroxylation sites is 1. The molecule has 184 valence electrons. The first-order valence-corrected chi connectivity index (χ1v) is 14.7. The molecule has 3 heterocycles. The topological polar surface area (TPSA) is 54.5 Å². The third-order valence-electron chi connectivity index (χ3n) is 8.33. The molecule has 0 aliphatic carbocycles. The molecular formula is C30H36NO3P. The highest BCUT2D eigenvalue weighted by atomic mass is 31.2. The number of anilines is 1. The molecule has 0 spiro atoms. The Labute approximate surface area is 209 Å². The molecular weight excluding hydrogens is 453 g/mol. The first-order chi connectivity index (χ1) is 16.5. The molecule has 5 rings (SSSR count). The van der Waals surface area contributed by atoms with Gasteiger partial charge in [0, 0.05) is 11.0 Å². The highest BCUT2D eigenvalue weighted by molar-refractivity contribution is 7.74. The van der Waals surface area contributed by atoms with E-state index in [1.807, 2.05) is 25.1 Å². The van der Waals surface area contributed by atoms with Crippen molar-refractivity contribution in [3.63, 3.8) is 0 Å². The van der Waals surface area contributed by atoms with Gasteiger partial charge >= 0.3 is 0 Å². The van der Waals surface area contributed by atoms with Gasteiger partial charge in [-0.15, -0.1) is 0 Å². The Morgan fingerprint density at radius 1 is 0.800 bits per heavy atom. The second-order valence-corrected chi connectivity index (χ2v) is 14.5. The van der Waals surface area contributed by atoms with Crippen molar-refractivity contribution in [3.8, 4) is 0 Å². The summed E-state index contributed by atoms with van der Waals surface area (Å²) >= 11 is 0. The number of imide groups is 1. The van der Waals surface area contributed by atoms with Crippen LogP contribution in [0.15, 0.2) is 54.1 Å². The zero-order chi connectivity index (χ0) is 25.4. The van der Waals surface area contributed by atoms with Crippen molar-refractivity contribution in [1.82, 2.24) is 0 Å². The van der Waals surface area contributed by atoms with E-state index in [0.717, 1.165) is 22.0 Å². The number of carbonyl (C=O) groups is 2. The summed E-state index contributed by atoms with van der Waals surface area (Å²) in [5.74, 6) is -0.734. The maximum absolute atomic E-state index is 15.5. The fourth-order valence-corrected chi connectivity index (χ4v) is 11.8. The summed E-state index contributed by atoms with van der Waals surface area (Å²) < 4.78 is 15.5. The number of hydrogen-bond acceptors (Lipinski definition) is 3. The number of carbonyl (C=O) groups excluding carboxylic acids is 2. The van der Waals surface area contributed by atoms with Gasteiger partial charge in [-0.05, 0) is 53.5 Å². The van der Waals surface area contributed by atoms with Crippen LogP contribution in [0.25, 0.3) is 0 Å². The van der Waals surface area contributed by atoms with Crippen molar-refractivity contribution in [2.24, 2.45) is 11.8 Å². The molecule has 3 aliphatic heterocycles. The van der Waals surface area contributed by atoms with Crippen LogP contribution in [0.1, 0.15) is 82.9 Å². The first kappa shape index (κ1) is 24.3. The van der Waals surface area contributed by atoms with E-state index in [1.54, 1.807) is 12.1 Å². The SMILES string of the molecule is CC1=C[C@H]2[C@@H]3C(=O)N(c4ccccc4)C(=O)[C@@H]3[C@@H]1P2(=O)c1c(C(C)C)cc(C(C)C)cc1C(C)C. The van der Waals surface area contributed by atoms with Gasteiger partial charge in [0.25, 0.3) is 0 Å². The first-order valence-electron chi connectivity index (χ1n) is 12.9. The van der Waals surface area contributed by atoms with Gasteiger partial charge in [-0.1, -0.05) is 83.5 Å². The highest BCUT2D eigenvalue weighted by Crippen LogP contribution is 2.75. The van der Waals surface area contributed by atoms with E-state index >= 15 is 4.57 Å². The van der Waals surface area contributed by atoms with Gasteiger partial charge in [0.15, 0.2) is 0 Å². The Balaban J connectivity index is 1.71. The average Bonchev–Trinajstić information content (AvgIpc) is 3.33. The lowest BCUT2D eigenvalue weighted by Gasteiger charge is -2.31. The second-order valence-electron chi connectivity index (χ2n) is 11.5. The van der Waals surface area contributed by atoms with Crippen LogP contribution in [0.5, 0.6) is 0 Å². The van der Waals surface area contributed by atoms with Gasteiger partial charge in [-0.25, -0.2) is 4.90 Å². The molecule has 0 aromatic heterocycles. The second kappa shape index (κ2) is 8.30. The van der Waals surface area contributed by atoms with Crippen LogP contribution in [0.2, 0.25) is 0 Å². The normalized spacial score (nSPS) is 29.7. The number of allylic oxidation sites excluding steroid dienone is 2. The molecule has 0 radical (unpaired) electrons. The molecule has 2 saturated heterocycles. The van der Waals surface area contributed by atoms with E-state index in [2.05, 4.69) is 59.8 Å². The van der Waals surface area contributed by atoms with Gasteiger partial charge in [-0.2, -0.15) is 0 Å². The minimum atomic E-state index is -3.11. The molecule has 0 N–H and O–H groups in total. The van der Waals surface area contributed by atoms with Crippen molar-refractivity contribution in [2.75, 3.05) is 4.90 Å². The summed E-state index contributed by atoms with van der Waals surface area (Å²) in [5.41, 5.74) is 4.31. The van der Waals surface area contributed by atoms with E-state index in [4.69, 9.17) is 0 Å². The maximum atomic E-state index is 15.5. The quantitative estimate of drug-likeness (QED) is 0.271.